The standard InChI is InChI=1S/C24H29N5O2S/c1-4-19-9-11-20(12-10-19)25-22(30)18(3)32-24-27-26-23(28-13-15-31-16-14-28)29(24)21-8-6-5-7-17(21)2/h5-12,18H,4,13-16H2,1-3H3,(H,25,30). The third-order valence-corrected chi connectivity index (χ3v) is 6.59. The first-order chi connectivity index (χ1) is 15.6. The molecule has 1 aromatic heterocycles. The summed E-state index contributed by atoms with van der Waals surface area (Å²) in [6, 6.07) is 16.1. The fraction of sp³-hybridized carbons (Fsp3) is 0.375. The Morgan fingerprint density at radius 2 is 1.84 bits per heavy atom. The fourth-order valence-electron chi connectivity index (χ4n) is 3.61. The maximum Gasteiger partial charge on any atom is 0.237 e. The van der Waals surface area contributed by atoms with Crippen LogP contribution >= 0.6 is 11.8 Å². The van der Waals surface area contributed by atoms with Crippen molar-refractivity contribution in [2.75, 3.05) is 36.5 Å². The van der Waals surface area contributed by atoms with E-state index < -0.39 is 0 Å². The van der Waals surface area contributed by atoms with E-state index in [4.69, 9.17) is 4.74 Å². The van der Waals surface area contributed by atoms with Crippen LogP contribution in [0.25, 0.3) is 5.69 Å². The molecule has 1 saturated heterocycles. The van der Waals surface area contributed by atoms with Crippen molar-refractivity contribution in [2.45, 2.75) is 37.6 Å². The third-order valence-electron chi connectivity index (χ3n) is 5.55. The van der Waals surface area contributed by atoms with Gasteiger partial charge in [0, 0.05) is 18.8 Å². The van der Waals surface area contributed by atoms with E-state index in [1.54, 1.807) is 0 Å². The van der Waals surface area contributed by atoms with Gasteiger partial charge in [0.15, 0.2) is 5.16 Å². The normalized spacial score (nSPS) is 14.9. The van der Waals surface area contributed by atoms with Crippen molar-refractivity contribution < 1.29 is 9.53 Å². The van der Waals surface area contributed by atoms with Gasteiger partial charge in [-0.2, -0.15) is 0 Å². The fourth-order valence-corrected chi connectivity index (χ4v) is 4.47. The predicted molar refractivity (Wildman–Crippen MR) is 129 cm³/mol. The topological polar surface area (TPSA) is 72.3 Å². The SMILES string of the molecule is CCc1ccc(NC(=O)C(C)Sc2nnc(N3CCOCC3)n2-c2ccccc2C)cc1. The van der Waals surface area contributed by atoms with Crippen LogP contribution in [0.3, 0.4) is 0 Å². The lowest BCUT2D eigenvalue weighted by Crippen LogP contribution is -2.38. The average Bonchev–Trinajstić information content (AvgIpc) is 3.23. The molecule has 7 nitrogen and oxygen atoms in total. The molecule has 4 rings (SSSR count). The van der Waals surface area contributed by atoms with Gasteiger partial charge >= 0.3 is 0 Å². The number of carbonyl (C=O) groups excluding carboxylic acids is 1. The van der Waals surface area contributed by atoms with Crippen LogP contribution in [0.4, 0.5) is 11.6 Å². The lowest BCUT2D eigenvalue weighted by molar-refractivity contribution is -0.115. The molecule has 2 heterocycles. The minimum absolute atomic E-state index is 0.0634. The van der Waals surface area contributed by atoms with E-state index in [0.717, 1.165) is 42.4 Å². The summed E-state index contributed by atoms with van der Waals surface area (Å²) in [5.74, 6) is 0.722. The second-order valence-corrected chi connectivity index (χ2v) is 9.11. The molecule has 0 radical (unpaired) electrons. The largest absolute Gasteiger partial charge is 0.378 e. The van der Waals surface area contributed by atoms with Gasteiger partial charge in [-0.25, -0.2) is 0 Å². The van der Waals surface area contributed by atoms with E-state index in [1.165, 1.54) is 17.3 Å². The Hall–Kier alpha value is -2.84. The Morgan fingerprint density at radius 3 is 2.53 bits per heavy atom. The zero-order valence-corrected chi connectivity index (χ0v) is 19.6. The first-order valence-electron chi connectivity index (χ1n) is 11.0. The number of hydrogen-bond donors (Lipinski definition) is 1. The van der Waals surface area contributed by atoms with Crippen LogP contribution in [0.15, 0.2) is 53.7 Å². The van der Waals surface area contributed by atoms with E-state index in [9.17, 15) is 4.79 Å². The molecule has 168 valence electrons. The molecule has 0 saturated carbocycles. The van der Waals surface area contributed by atoms with Crippen molar-refractivity contribution in [3.63, 3.8) is 0 Å². The highest BCUT2D eigenvalue weighted by molar-refractivity contribution is 8.00. The minimum atomic E-state index is -0.342. The molecule has 8 heteroatoms. The minimum Gasteiger partial charge on any atom is -0.378 e. The van der Waals surface area contributed by atoms with Gasteiger partial charge in [0.1, 0.15) is 0 Å². The number of aryl methyl sites for hydroxylation is 2. The number of anilines is 2. The smallest absolute Gasteiger partial charge is 0.237 e. The number of nitrogens with zero attached hydrogens (tertiary/aromatic N) is 4. The Labute approximate surface area is 193 Å². The number of amides is 1. The van der Waals surface area contributed by atoms with Gasteiger partial charge < -0.3 is 15.0 Å². The lowest BCUT2D eigenvalue weighted by Gasteiger charge is -2.28. The highest BCUT2D eigenvalue weighted by Crippen LogP contribution is 2.31. The third kappa shape index (κ3) is 4.97. The first kappa shape index (κ1) is 22.4. The predicted octanol–water partition coefficient (Wildman–Crippen LogP) is 4.09. The number of hydrogen-bond acceptors (Lipinski definition) is 6. The molecule has 0 bridgehead atoms. The second-order valence-electron chi connectivity index (χ2n) is 7.80. The van der Waals surface area contributed by atoms with Gasteiger partial charge in [-0.15, -0.1) is 10.2 Å². The van der Waals surface area contributed by atoms with Crippen molar-refractivity contribution in [1.82, 2.24) is 14.8 Å². The Balaban J connectivity index is 1.57. The Morgan fingerprint density at radius 1 is 1.12 bits per heavy atom. The maximum atomic E-state index is 12.9. The summed E-state index contributed by atoms with van der Waals surface area (Å²) in [4.78, 5) is 15.1. The van der Waals surface area contributed by atoms with Crippen LogP contribution < -0.4 is 10.2 Å². The van der Waals surface area contributed by atoms with E-state index in [0.29, 0.717) is 18.4 Å². The highest BCUT2D eigenvalue weighted by atomic mass is 32.2. The molecule has 32 heavy (non-hydrogen) atoms. The summed E-state index contributed by atoms with van der Waals surface area (Å²) < 4.78 is 7.57. The Bertz CT molecular complexity index is 1060. The zero-order valence-electron chi connectivity index (χ0n) is 18.7. The molecular formula is C24H29N5O2S. The van der Waals surface area contributed by atoms with Crippen LogP contribution in [0, 0.1) is 6.92 Å². The van der Waals surface area contributed by atoms with E-state index in [1.807, 2.05) is 43.3 Å². The van der Waals surface area contributed by atoms with E-state index >= 15 is 0 Å². The van der Waals surface area contributed by atoms with Crippen LogP contribution in [-0.4, -0.2) is 52.2 Å². The van der Waals surface area contributed by atoms with Gasteiger partial charge in [-0.3, -0.25) is 9.36 Å². The molecule has 1 unspecified atom stereocenters. The molecule has 0 aliphatic carbocycles. The van der Waals surface area contributed by atoms with Gasteiger partial charge in [0.2, 0.25) is 11.9 Å². The van der Waals surface area contributed by atoms with E-state index in [2.05, 4.69) is 51.0 Å². The number of benzene rings is 2. The van der Waals surface area contributed by atoms with Crippen molar-refractivity contribution in [3.05, 3.63) is 59.7 Å². The number of ether oxygens (including phenoxy) is 1. The quantitative estimate of drug-likeness (QED) is 0.546. The van der Waals surface area contributed by atoms with Crippen LogP contribution in [0.5, 0.6) is 0 Å². The number of rotatable bonds is 7. The van der Waals surface area contributed by atoms with Crippen molar-refractivity contribution in [3.8, 4) is 5.69 Å². The van der Waals surface area contributed by atoms with Gasteiger partial charge in [-0.1, -0.05) is 49.0 Å². The maximum absolute atomic E-state index is 12.9. The summed E-state index contributed by atoms with van der Waals surface area (Å²) in [7, 11) is 0. The second kappa shape index (κ2) is 10.2. The number of nitrogens with one attached hydrogen (secondary N) is 1. The van der Waals surface area contributed by atoms with Gasteiger partial charge in [0.25, 0.3) is 0 Å². The molecular weight excluding hydrogens is 422 g/mol. The molecule has 0 spiro atoms. The number of aromatic nitrogens is 3. The average molecular weight is 452 g/mol. The highest BCUT2D eigenvalue weighted by Gasteiger charge is 2.25. The van der Waals surface area contributed by atoms with Gasteiger partial charge in [0.05, 0.1) is 24.2 Å². The molecule has 1 fully saturated rings. The van der Waals surface area contributed by atoms with Crippen molar-refractivity contribution >= 4 is 29.3 Å². The summed E-state index contributed by atoms with van der Waals surface area (Å²) in [5, 5.41) is 12.3. The zero-order chi connectivity index (χ0) is 22.5. The van der Waals surface area contributed by atoms with Crippen molar-refractivity contribution in [2.24, 2.45) is 0 Å². The summed E-state index contributed by atoms with van der Waals surface area (Å²) in [6.07, 6.45) is 0.973. The first-order valence-corrected chi connectivity index (χ1v) is 11.9. The molecule has 1 atom stereocenters. The molecule has 1 aliphatic rings. The van der Waals surface area contributed by atoms with Crippen LogP contribution in [0.1, 0.15) is 25.0 Å². The molecule has 3 aromatic rings. The van der Waals surface area contributed by atoms with Crippen molar-refractivity contribution in [1.29, 1.82) is 0 Å². The lowest BCUT2D eigenvalue weighted by atomic mass is 10.1. The monoisotopic (exact) mass is 451 g/mol. The van der Waals surface area contributed by atoms with Crippen LogP contribution in [-0.2, 0) is 16.0 Å². The number of morpholine rings is 1. The summed E-state index contributed by atoms with van der Waals surface area (Å²) >= 11 is 1.41. The summed E-state index contributed by atoms with van der Waals surface area (Å²) in [5.41, 5.74) is 4.18. The number of thioether (sulfide) groups is 1. The van der Waals surface area contributed by atoms with Gasteiger partial charge in [-0.05, 0) is 49.6 Å². The number of carbonyl (C=O) groups is 1. The Kier molecular flexibility index (Phi) is 7.12. The van der Waals surface area contributed by atoms with E-state index in [-0.39, 0.29) is 11.2 Å². The molecule has 1 aliphatic heterocycles. The van der Waals surface area contributed by atoms with Crippen LogP contribution in [0.2, 0.25) is 0 Å². The molecule has 1 amide bonds. The molecule has 2 aromatic carbocycles. The number of para-hydroxylation sites is 1. The molecule has 1 N–H and O–H groups in total. The summed E-state index contributed by atoms with van der Waals surface area (Å²) in [6.45, 7) is 8.94.